The average molecular weight is 307 g/mol. The fourth-order valence-corrected chi connectivity index (χ4v) is 4.08. The summed E-state index contributed by atoms with van der Waals surface area (Å²) < 4.78 is 10.6. The van der Waals surface area contributed by atoms with Gasteiger partial charge < -0.3 is 9.64 Å². The molecule has 2 unspecified atom stereocenters. The second kappa shape index (κ2) is 5.09. The first-order valence-corrected chi connectivity index (χ1v) is 8.77. The Morgan fingerprint density at radius 1 is 1.35 bits per heavy atom. The third-order valence-corrected chi connectivity index (χ3v) is 5.31. The number of hydrogen-bond donors (Lipinski definition) is 0. The van der Waals surface area contributed by atoms with Gasteiger partial charge in [-0.25, -0.2) is 4.98 Å². The van der Waals surface area contributed by atoms with E-state index in [0.717, 1.165) is 24.0 Å². The molecule has 0 spiro atoms. The van der Waals surface area contributed by atoms with Crippen molar-refractivity contribution in [2.45, 2.75) is 37.9 Å². The maximum absolute atomic E-state index is 6.07. The lowest BCUT2D eigenvalue weighted by Gasteiger charge is -2.36. The summed E-state index contributed by atoms with van der Waals surface area (Å²) in [4.78, 5) is 7.06. The normalized spacial score (nSPS) is 26.9. The molecule has 1 aliphatic carbocycles. The highest BCUT2D eigenvalue weighted by atomic mass is 32.1. The fraction of sp³-hybridized carbons (Fsp3) is 0.571. The maximum Gasteiger partial charge on any atom is 0.205 e. The van der Waals surface area contributed by atoms with E-state index in [1.165, 1.54) is 29.9 Å². The molecular formula is C14H17N3OS2. The molecule has 6 heteroatoms. The van der Waals surface area contributed by atoms with E-state index in [4.69, 9.17) is 9.72 Å². The Morgan fingerprint density at radius 2 is 2.25 bits per heavy atom. The van der Waals surface area contributed by atoms with Gasteiger partial charge in [0.2, 0.25) is 5.13 Å². The van der Waals surface area contributed by atoms with Crippen molar-refractivity contribution in [1.82, 2.24) is 9.36 Å². The van der Waals surface area contributed by atoms with Gasteiger partial charge in [0.15, 0.2) is 0 Å². The van der Waals surface area contributed by atoms with Crippen molar-refractivity contribution in [2.75, 3.05) is 18.0 Å². The molecule has 3 heterocycles. The van der Waals surface area contributed by atoms with E-state index in [2.05, 4.69) is 33.0 Å². The molecule has 4 rings (SSSR count). The highest BCUT2D eigenvalue weighted by Gasteiger charge is 2.31. The van der Waals surface area contributed by atoms with Crippen LogP contribution in [0.2, 0.25) is 0 Å². The summed E-state index contributed by atoms with van der Waals surface area (Å²) in [5, 5.41) is 5.34. The summed E-state index contributed by atoms with van der Waals surface area (Å²) >= 11 is 3.26. The lowest BCUT2D eigenvalue weighted by molar-refractivity contribution is -0.0171. The van der Waals surface area contributed by atoms with Crippen LogP contribution in [0.5, 0.6) is 0 Å². The summed E-state index contributed by atoms with van der Waals surface area (Å²) in [5.74, 6) is 1.68. The van der Waals surface area contributed by atoms with Crippen LogP contribution in [-0.2, 0) is 4.74 Å². The lowest BCUT2D eigenvalue weighted by atomic mass is 10.1. The van der Waals surface area contributed by atoms with Gasteiger partial charge in [-0.3, -0.25) is 0 Å². The molecule has 0 bridgehead atoms. The van der Waals surface area contributed by atoms with Crippen LogP contribution in [0.25, 0.3) is 0 Å². The number of hydrogen-bond acceptors (Lipinski definition) is 6. The topological polar surface area (TPSA) is 38.2 Å². The zero-order valence-corrected chi connectivity index (χ0v) is 13.0. The van der Waals surface area contributed by atoms with E-state index in [1.807, 2.05) is 0 Å². The van der Waals surface area contributed by atoms with Crippen molar-refractivity contribution in [1.29, 1.82) is 0 Å². The number of morpholine rings is 1. The third-order valence-electron chi connectivity index (χ3n) is 3.82. The fourth-order valence-electron chi connectivity index (χ4n) is 2.61. The van der Waals surface area contributed by atoms with Gasteiger partial charge >= 0.3 is 0 Å². The molecule has 106 valence electrons. The van der Waals surface area contributed by atoms with Gasteiger partial charge in [0.05, 0.1) is 12.6 Å². The molecule has 2 atom stereocenters. The molecule has 1 saturated carbocycles. The Hall–Kier alpha value is -0.980. The van der Waals surface area contributed by atoms with Crippen LogP contribution in [-0.4, -0.2) is 28.6 Å². The Morgan fingerprint density at radius 3 is 3.00 bits per heavy atom. The number of thiophene rings is 1. The quantitative estimate of drug-likeness (QED) is 0.870. The molecular weight excluding hydrogens is 290 g/mol. The highest BCUT2D eigenvalue weighted by Crippen LogP contribution is 2.40. The molecule has 1 aliphatic heterocycles. The molecule has 2 aliphatic rings. The van der Waals surface area contributed by atoms with Crippen LogP contribution in [0.15, 0.2) is 16.8 Å². The van der Waals surface area contributed by atoms with Crippen molar-refractivity contribution in [2.24, 2.45) is 0 Å². The maximum atomic E-state index is 6.07. The zero-order chi connectivity index (χ0) is 13.5. The summed E-state index contributed by atoms with van der Waals surface area (Å²) in [7, 11) is 0. The largest absolute Gasteiger partial charge is 0.367 e. The Balaban J connectivity index is 1.54. The number of ether oxygens (including phenoxy) is 1. The molecule has 20 heavy (non-hydrogen) atoms. The van der Waals surface area contributed by atoms with E-state index in [9.17, 15) is 0 Å². The van der Waals surface area contributed by atoms with E-state index in [0.29, 0.717) is 5.92 Å². The minimum Gasteiger partial charge on any atom is -0.367 e. The van der Waals surface area contributed by atoms with Gasteiger partial charge in [-0.1, -0.05) is 0 Å². The predicted molar refractivity (Wildman–Crippen MR) is 81.7 cm³/mol. The van der Waals surface area contributed by atoms with Gasteiger partial charge in [0.25, 0.3) is 0 Å². The Labute approximate surface area is 126 Å². The molecule has 2 aromatic heterocycles. The number of rotatable bonds is 3. The molecule has 4 nitrogen and oxygen atoms in total. The molecule has 0 aromatic carbocycles. The number of nitrogens with zero attached hydrogens (tertiary/aromatic N) is 3. The molecule has 0 radical (unpaired) electrons. The summed E-state index contributed by atoms with van der Waals surface area (Å²) in [6, 6.07) is 2.15. The molecule has 0 amide bonds. The Bertz CT molecular complexity index is 579. The van der Waals surface area contributed by atoms with Crippen molar-refractivity contribution >= 4 is 28.0 Å². The van der Waals surface area contributed by atoms with Gasteiger partial charge in [-0.2, -0.15) is 15.7 Å². The van der Waals surface area contributed by atoms with Gasteiger partial charge in [-0.05, 0) is 42.2 Å². The summed E-state index contributed by atoms with van der Waals surface area (Å²) in [5.41, 5.74) is 1.28. The minimum absolute atomic E-state index is 0.151. The van der Waals surface area contributed by atoms with Crippen LogP contribution >= 0.6 is 22.9 Å². The predicted octanol–water partition coefficient (Wildman–Crippen LogP) is 3.44. The highest BCUT2D eigenvalue weighted by molar-refractivity contribution is 7.09. The van der Waals surface area contributed by atoms with Crippen molar-refractivity contribution in [3.05, 3.63) is 28.2 Å². The monoisotopic (exact) mass is 307 g/mol. The van der Waals surface area contributed by atoms with Crippen LogP contribution < -0.4 is 4.90 Å². The van der Waals surface area contributed by atoms with Crippen molar-refractivity contribution in [3.63, 3.8) is 0 Å². The second-order valence-electron chi connectivity index (χ2n) is 5.61. The SMILES string of the molecule is CC1CN(c2nc(C3CC3)ns2)CC(c2ccsc2)O1. The number of aromatic nitrogens is 2. The van der Waals surface area contributed by atoms with Crippen molar-refractivity contribution < 1.29 is 4.74 Å². The first-order valence-electron chi connectivity index (χ1n) is 7.05. The van der Waals surface area contributed by atoms with Gasteiger partial charge in [0, 0.05) is 24.0 Å². The molecule has 0 N–H and O–H groups in total. The van der Waals surface area contributed by atoms with Gasteiger partial charge in [0.1, 0.15) is 11.9 Å². The molecule has 2 fully saturated rings. The summed E-state index contributed by atoms with van der Waals surface area (Å²) in [6.45, 7) is 3.91. The Kier molecular flexibility index (Phi) is 3.24. The standard InChI is InChI=1S/C14H17N3OS2/c1-9-6-17(7-12(18-9)11-4-5-19-8-11)14-15-13(16-20-14)10-2-3-10/h4-5,8-10,12H,2-3,6-7H2,1H3. The van der Waals surface area contributed by atoms with E-state index in [1.54, 1.807) is 11.3 Å². The first kappa shape index (κ1) is 12.7. The summed E-state index contributed by atoms with van der Waals surface area (Å²) in [6.07, 6.45) is 2.89. The molecule has 1 saturated heterocycles. The lowest BCUT2D eigenvalue weighted by Crippen LogP contribution is -2.42. The van der Waals surface area contributed by atoms with E-state index < -0.39 is 0 Å². The van der Waals surface area contributed by atoms with Crippen molar-refractivity contribution in [3.8, 4) is 0 Å². The zero-order valence-electron chi connectivity index (χ0n) is 11.4. The van der Waals surface area contributed by atoms with E-state index >= 15 is 0 Å². The second-order valence-corrected chi connectivity index (χ2v) is 7.12. The minimum atomic E-state index is 0.151. The average Bonchev–Trinajstić information content (AvgIpc) is 2.97. The smallest absolute Gasteiger partial charge is 0.205 e. The third kappa shape index (κ3) is 2.47. The number of anilines is 1. The van der Waals surface area contributed by atoms with E-state index in [-0.39, 0.29) is 12.2 Å². The van der Waals surface area contributed by atoms with Gasteiger partial charge in [-0.15, -0.1) is 0 Å². The van der Waals surface area contributed by atoms with Crippen LogP contribution in [0, 0.1) is 0 Å². The van der Waals surface area contributed by atoms with Crippen LogP contribution in [0.3, 0.4) is 0 Å². The first-order chi connectivity index (χ1) is 9.79. The van der Waals surface area contributed by atoms with Crippen LogP contribution in [0.1, 0.15) is 43.2 Å². The van der Waals surface area contributed by atoms with Crippen LogP contribution in [0.4, 0.5) is 5.13 Å². The molecule has 2 aromatic rings.